The maximum Gasteiger partial charge on any atom is 0.202 e. The van der Waals surface area contributed by atoms with Crippen LogP contribution in [0.5, 0.6) is 0 Å². The number of ketones is 1. The number of thioether (sulfide) groups is 1. The summed E-state index contributed by atoms with van der Waals surface area (Å²) in [6.07, 6.45) is 0. The maximum absolute atomic E-state index is 12.4. The number of nitrogens with zero attached hydrogens (tertiary/aromatic N) is 4. The summed E-state index contributed by atoms with van der Waals surface area (Å²) in [5.74, 6) is 0.328. The second-order valence-corrected chi connectivity index (χ2v) is 8.96. The number of hydrazone groups is 1. The number of benzene rings is 3. The molecule has 6 nitrogen and oxygen atoms in total. The van der Waals surface area contributed by atoms with Crippen LogP contribution in [0.15, 0.2) is 83.1 Å². The molecule has 9 heteroatoms. The second-order valence-electron chi connectivity index (χ2n) is 7.16. The summed E-state index contributed by atoms with van der Waals surface area (Å²) in [6.45, 7) is 3.45. The Balaban J connectivity index is 1.75. The van der Waals surface area contributed by atoms with E-state index >= 15 is 0 Å². The number of para-hydroxylation sites is 1. The Kier molecular flexibility index (Phi) is 7.13. The van der Waals surface area contributed by atoms with Crippen LogP contribution in [0.3, 0.4) is 0 Å². The van der Waals surface area contributed by atoms with Crippen molar-refractivity contribution < 1.29 is 4.79 Å². The van der Waals surface area contributed by atoms with Gasteiger partial charge in [-0.15, -0.1) is 10.2 Å². The van der Waals surface area contributed by atoms with Crippen LogP contribution in [0.2, 0.25) is 10.0 Å². The van der Waals surface area contributed by atoms with Gasteiger partial charge in [-0.05, 0) is 66.7 Å². The predicted octanol–water partition coefficient (Wildman–Crippen LogP) is 6.66. The largest absolute Gasteiger partial charge is 0.292 e. The number of carbonyl (C=O) groups is 1. The van der Waals surface area contributed by atoms with Crippen LogP contribution in [-0.2, 0) is 4.79 Å². The van der Waals surface area contributed by atoms with Gasteiger partial charge in [0.25, 0.3) is 0 Å². The molecule has 0 aliphatic rings. The molecule has 4 aromatic rings. The molecule has 33 heavy (non-hydrogen) atoms. The highest BCUT2D eigenvalue weighted by Crippen LogP contribution is 2.34. The summed E-state index contributed by atoms with van der Waals surface area (Å²) >= 11 is 13.7. The molecule has 0 unspecified atom stereocenters. The number of aryl methyl sites for hydroxylation is 1. The average Bonchev–Trinajstić information content (AvgIpc) is 3.20. The van der Waals surface area contributed by atoms with Gasteiger partial charge in [-0.25, -0.2) is 0 Å². The Hall–Kier alpha value is -3.13. The van der Waals surface area contributed by atoms with Crippen molar-refractivity contribution in [1.29, 1.82) is 0 Å². The lowest BCUT2D eigenvalue weighted by Gasteiger charge is -2.11. The molecule has 1 N–H and O–H groups in total. The summed E-state index contributed by atoms with van der Waals surface area (Å²) in [5.41, 5.74) is 6.31. The van der Waals surface area contributed by atoms with Crippen molar-refractivity contribution in [3.05, 3.63) is 88.4 Å². The minimum Gasteiger partial charge on any atom is -0.292 e. The van der Waals surface area contributed by atoms with E-state index in [2.05, 4.69) is 20.7 Å². The molecule has 0 fully saturated rings. The molecular formula is C24H19Cl2N5OS. The van der Waals surface area contributed by atoms with Gasteiger partial charge in [0.2, 0.25) is 5.16 Å². The smallest absolute Gasteiger partial charge is 0.202 e. The Morgan fingerprint density at radius 2 is 1.79 bits per heavy atom. The first-order valence-electron chi connectivity index (χ1n) is 9.98. The van der Waals surface area contributed by atoms with Crippen LogP contribution in [0.25, 0.3) is 17.1 Å². The van der Waals surface area contributed by atoms with Gasteiger partial charge < -0.3 is 0 Å². The van der Waals surface area contributed by atoms with Crippen molar-refractivity contribution >= 4 is 51.5 Å². The molecule has 0 saturated carbocycles. The first-order valence-corrected chi connectivity index (χ1v) is 11.5. The van der Waals surface area contributed by atoms with E-state index in [4.69, 9.17) is 23.2 Å². The van der Waals surface area contributed by atoms with E-state index in [1.807, 2.05) is 66.1 Å². The quantitative estimate of drug-likeness (QED) is 0.140. The van der Waals surface area contributed by atoms with Gasteiger partial charge in [-0.2, -0.15) is 5.10 Å². The fourth-order valence-electron chi connectivity index (χ4n) is 3.08. The maximum atomic E-state index is 12.4. The number of hydrogen-bond donors (Lipinski definition) is 1. The van der Waals surface area contributed by atoms with Crippen molar-refractivity contribution in [2.24, 2.45) is 5.10 Å². The molecule has 4 rings (SSSR count). The zero-order chi connectivity index (χ0) is 23.4. The van der Waals surface area contributed by atoms with Crippen LogP contribution in [0.4, 0.5) is 5.69 Å². The SMILES string of the molecule is CC(=O)C(=NNc1cccc(C)c1)Sc1nnc(-c2ccc(Cl)cc2Cl)n1-c1ccccc1. The molecule has 0 radical (unpaired) electrons. The predicted molar refractivity (Wildman–Crippen MR) is 136 cm³/mol. The standard InChI is InChI=1S/C24H19Cl2N5OS/c1-15-7-6-8-18(13-15)27-29-23(16(2)32)33-24-30-28-22(20-12-11-17(25)14-21(20)26)31(24)19-9-4-3-5-10-19/h3-14,27H,1-2H3. The number of carbonyl (C=O) groups excluding carboxylic acids is 1. The molecule has 166 valence electrons. The van der Waals surface area contributed by atoms with E-state index in [0.717, 1.165) is 28.7 Å². The monoisotopic (exact) mass is 495 g/mol. The summed E-state index contributed by atoms with van der Waals surface area (Å²) in [6, 6.07) is 22.5. The summed E-state index contributed by atoms with van der Waals surface area (Å²) in [4.78, 5) is 12.4. The van der Waals surface area contributed by atoms with Crippen molar-refractivity contribution in [2.45, 2.75) is 19.0 Å². The van der Waals surface area contributed by atoms with Gasteiger partial charge in [0.1, 0.15) is 0 Å². The molecule has 0 saturated heterocycles. The third-order valence-electron chi connectivity index (χ3n) is 4.61. The third-order valence-corrected chi connectivity index (χ3v) is 6.18. The lowest BCUT2D eigenvalue weighted by molar-refractivity contribution is -0.110. The van der Waals surface area contributed by atoms with Gasteiger partial charge in [0.15, 0.2) is 16.7 Å². The van der Waals surface area contributed by atoms with Crippen LogP contribution in [0, 0.1) is 6.92 Å². The van der Waals surface area contributed by atoms with Crippen LogP contribution in [-0.4, -0.2) is 25.6 Å². The van der Waals surface area contributed by atoms with E-state index in [-0.39, 0.29) is 10.8 Å². The lowest BCUT2D eigenvalue weighted by Crippen LogP contribution is -2.10. The third kappa shape index (κ3) is 5.45. The topological polar surface area (TPSA) is 72.2 Å². The number of aromatic nitrogens is 3. The molecule has 0 spiro atoms. The van der Waals surface area contributed by atoms with E-state index < -0.39 is 0 Å². The molecule has 0 bridgehead atoms. The fourth-order valence-corrected chi connectivity index (χ4v) is 4.35. The molecule has 1 aromatic heterocycles. The van der Waals surface area contributed by atoms with Crippen LogP contribution >= 0.6 is 35.0 Å². The fraction of sp³-hybridized carbons (Fsp3) is 0.0833. The summed E-state index contributed by atoms with van der Waals surface area (Å²) < 4.78 is 1.84. The Labute approximate surface area is 205 Å². The van der Waals surface area contributed by atoms with Crippen molar-refractivity contribution in [3.63, 3.8) is 0 Å². The highest BCUT2D eigenvalue weighted by Gasteiger charge is 2.21. The van der Waals surface area contributed by atoms with E-state index in [1.165, 1.54) is 6.92 Å². The lowest BCUT2D eigenvalue weighted by atomic mass is 10.2. The number of hydrogen-bond acceptors (Lipinski definition) is 6. The van der Waals surface area contributed by atoms with Crippen molar-refractivity contribution in [2.75, 3.05) is 5.43 Å². The average molecular weight is 496 g/mol. The Bertz CT molecular complexity index is 1340. The summed E-state index contributed by atoms with van der Waals surface area (Å²) in [5, 5.41) is 14.7. The number of rotatable bonds is 6. The molecule has 0 amide bonds. The van der Waals surface area contributed by atoms with E-state index in [0.29, 0.717) is 26.6 Å². The van der Waals surface area contributed by atoms with Crippen molar-refractivity contribution in [3.8, 4) is 17.1 Å². The molecule has 1 heterocycles. The summed E-state index contributed by atoms with van der Waals surface area (Å²) in [7, 11) is 0. The van der Waals surface area contributed by atoms with Gasteiger partial charge >= 0.3 is 0 Å². The van der Waals surface area contributed by atoms with E-state index in [1.54, 1.807) is 18.2 Å². The van der Waals surface area contributed by atoms with Crippen molar-refractivity contribution in [1.82, 2.24) is 14.8 Å². The van der Waals surface area contributed by atoms with Gasteiger partial charge in [0, 0.05) is 23.2 Å². The first kappa shape index (κ1) is 23.0. The van der Waals surface area contributed by atoms with E-state index in [9.17, 15) is 4.79 Å². The van der Waals surface area contributed by atoms with Gasteiger partial charge in [0.05, 0.1) is 10.7 Å². The number of nitrogens with one attached hydrogen (secondary N) is 1. The molecule has 0 atom stereocenters. The highest BCUT2D eigenvalue weighted by molar-refractivity contribution is 8.15. The Morgan fingerprint density at radius 1 is 1.00 bits per heavy atom. The second kappa shape index (κ2) is 10.2. The first-order chi connectivity index (χ1) is 15.9. The molecule has 0 aliphatic carbocycles. The number of halogens is 2. The molecule has 3 aromatic carbocycles. The normalized spacial score (nSPS) is 11.5. The number of anilines is 1. The van der Waals surface area contributed by atoms with Crippen LogP contribution in [0.1, 0.15) is 12.5 Å². The molecular weight excluding hydrogens is 477 g/mol. The Morgan fingerprint density at radius 3 is 2.48 bits per heavy atom. The van der Waals surface area contributed by atoms with Gasteiger partial charge in [-0.1, -0.05) is 53.5 Å². The minimum atomic E-state index is -0.200. The zero-order valence-electron chi connectivity index (χ0n) is 17.8. The number of Topliss-reactive ketones (excluding diaryl/α,β-unsaturated/α-hetero) is 1. The zero-order valence-corrected chi connectivity index (χ0v) is 20.1. The van der Waals surface area contributed by atoms with Gasteiger partial charge in [-0.3, -0.25) is 14.8 Å². The van der Waals surface area contributed by atoms with Crippen LogP contribution < -0.4 is 5.43 Å². The minimum absolute atomic E-state index is 0.200. The molecule has 0 aliphatic heterocycles. The highest BCUT2D eigenvalue weighted by atomic mass is 35.5.